The van der Waals surface area contributed by atoms with E-state index in [9.17, 15) is 0 Å². The SMILES string of the molecule is CCCCC(c1ccc(Br)cc1)c1ccc(Br)cc1. The quantitative estimate of drug-likeness (QED) is 0.551. The lowest BCUT2D eigenvalue weighted by Gasteiger charge is -2.18. The van der Waals surface area contributed by atoms with Crippen LogP contribution in [-0.2, 0) is 0 Å². The first-order valence-corrected chi connectivity index (χ1v) is 8.30. The zero-order valence-corrected chi connectivity index (χ0v) is 14.2. The van der Waals surface area contributed by atoms with E-state index in [1.165, 1.54) is 30.4 Å². The van der Waals surface area contributed by atoms with Gasteiger partial charge < -0.3 is 0 Å². The summed E-state index contributed by atoms with van der Waals surface area (Å²) in [6.45, 7) is 2.25. The number of hydrogen-bond donors (Lipinski definition) is 0. The molecular formula is C17H18Br2. The third kappa shape index (κ3) is 4.19. The summed E-state index contributed by atoms with van der Waals surface area (Å²) in [5.74, 6) is 0.501. The summed E-state index contributed by atoms with van der Waals surface area (Å²) in [7, 11) is 0. The molecule has 0 saturated heterocycles. The van der Waals surface area contributed by atoms with Gasteiger partial charge >= 0.3 is 0 Å². The van der Waals surface area contributed by atoms with Crippen molar-refractivity contribution in [1.29, 1.82) is 0 Å². The predicted molar refractivity (Wildman–Crippen MR) is 89.7 cm³/mol. The first-order chi connectivity index (χ1) is 9.20. The molecule has 0 aliphatic rings. The Balaban J connectivity index is 2.29. The Labute approximate surface area is 132 Å². The van der Waals surface area contributed by atoms with Gasteiger partial charge in [0, 0.05) is 14.9 Å². The first kappa shape index (κ1) is 14.8. The fraction of sp³-hybridized carbons (Fsp3) is 0.294. The van der Waals surface area contributed by atoms with Crippen LogP contribution in [0, 0.1) is 0 Å². The zero-order chi connectivity index (χ0) is 13.7. The van der Waals surface area contributed by atoms with Crippen molar-refractivity contribution in [2.24, 2.45) is 0 Å². The van der Waals surface area contributed by atoms with Crippen LogP contribution in [0.15, 0.2) is 57.5 Å². The maximum atomic E-state index is 3.51. The molecule has 0 aromatic heterocycles. The first-order valence-electron chi connectivity index (χ1n) is 6.71. The third-order valence-corrected chi connectivity index (χ3v) is 4.45. The topological polar surface area (TPSA) is 0 Å². The predicted octanol–water partition coefficient (Wildman–Crippen LogP) is 6.53. The molecule has 0 N–H and O–H groups in total. The van der Waals surface area contributed by atoms with E-state index < -0.39 is 0 Å². The molecule has 0 aliphatic heterocycles. The molecular weight excluding hydrogens is 364 g/mol. The minimum Gasteiger partial charge on any atom is -0.0654 e. The molecule has 0 saturated carbocycles. The Bertz CT molecular complexity index is 454. The molecule has 0 radical (unpaired) electrons. The summed E-state index contributed by atoms with van der Waals surface area (Å²) in [6, 6.07) is 17.4. The van der Waals surface area contributed by atoms with Gasteiger partial charge in [-0.2, -0.15) is 0 Å². The molecule has 0 aliphatic carbocycles. The maximum Gasteiger partial charge on any atom is 0.0175 e. The summed E-state index contributed by atoms with van der Waals surface area (Å²) in [5, 5.41) is 0. The molecule has 0 nitrogen and oxygen atoms in total. The van der Waals surface area contributed by atoms with Gasteiger partial charge in [0.2, 0.25) is 0 Å². The van der Waals surface area contributed by atoms with Gasteiger partial charge in [-0.1, -0.05) is 75.9 Å². The molecule has 0 fully saturated rings. The molecule has 2 aromatic carbocycles. The van der Waals surface area contributed by atoms with Gasteiger partial charge in [0.25, 0.3) is 0 Å². The van der Waals surface area contributed by atoms with Crippen molar-refractivity contribution in [2.45, 2.75) is 32.1 Å². The minimum atomic E-state index is 0.501. The molecule has 0 spiro atoms. The van der Waals surface area contributed by atoms with Gasteiger partial charge in [0.1, 0.15) is 0 Å². The minimum absolute atomic E-state index is 0.501. The largest absolute Gasteiger partial charge is 0.0654 e. The number of rotatable bonds is 5. The monoisotopic (exact) mass is 380 g/mol. The number of halogens is 2. The third-order valence-electron chi connectivity index (χ3n) is 3.39. The lowest BCUT2D eigenvalue weighted by molar-refractivity contribution is 0.650. The Morgan fingerprint density at radius 3 is 1.58 bits per heavy atom. The van der Waals surface area contributed by atoms with Gasteiger partial charge in [-0.3, -0.25) is 0 Å². The van der Waals surface area contributed by atoms with Crippen LogP contribution in [0.2, 0.25) is 0 Å². The highest BCUT2D eigenvalue weighted by atomic mass is 79.9. The highest BCUT2D eigenvalue weighted by Crippen LogP contribution is 2.31. The molecule has 0 heterocycles. The van der Waals surface area contributed by atoms with Crippen LogP contribution in [0.25, 0.3) is 0 Å². The summed E-state index contributed by atoms with van der Waals surface area (Å²) in [6.07, 6.45) is 3.71. The van der Waals surface area contributed by atoms with Crippen molar-refractivity contribution in [3.05, 3.63) is 68.6 Å². The van der Waals surface area contributed by atoms with Crippen LogP contribution < -0.4 is 0 Å². The van der Waals surface area contributed by atoms with Gasteiger partial charge in [-0.25, -0.2) is 0 Å². The van der Waals surface area contributed by atoms with Gasteiger partial charge in [0.15, 0.2) is 0 Å². The van der Waals surface area contributed by atoms with Crippen molar-refractivity contribution < 1.29 is 0 Å². The average molecular weight is 382 g/mol. The second kappa shape index (κ2) is 7.25. The van der Waals surface area contributed by atoms with Crippen LogP contribution in [-0.4, -0.2) is 0 Å². The van der Waals surface area contributed by atoms with Crippen molar-refractivity contribution in [3.63, 3.8) is 0 Å². The van der Waals surface area contributed by atoms with E-state index in [-0.39, 0.29) is 0 Å². The van der Waals surface area contributed by atoms with Gasteiger partial charge in [-0.05, 0) is 41.8 Å². The van der Waals surface area contributed by atoms with Crippen molar-refractivity contribution >= 4 is 31.9 Å². The van der Waals surface area contributed by atoms with Crippen molar-refractivity contribution in [3.8, 4) is 0 Å². The second-order valence-electron chi connectivity index (χ2n) is 4.80. The Morgan fingerprint density at radius 1 is 0.789 bits per heavy atom. The number of hydrogen-bond acceptors (Lipinski definition) is 0. The lowest BCUT2D eigenvalue weighted by atomic mass is 9.87. The van der Waals surface area contributed by atoms with E-state index in [1.807, 2.05) is 0 Å². The Morgan fingerprint density at radius 2 is 1.21 bits per heavy atom. The molecule has 2 rings (SSSR count). The molecule has 19 heavy (non-hydrogen) atoms. The summed E-state index contributed by atoms with van der Waals surface area (Å²) < 4.78 is 2.28. The number of benzene rings is 2. The standard InChI is InChI=1S/C17H18Br2/c1-2-3-4-17(13-5-9-15(18)10-6-13)14-7-11-16(19)12-8-14/h5-12,17H,2-4H2,1H3. The average Bonchev–Trinajstić information content (AvgIpc) is 2.43. The summed E-state index contributed by atoms with van der Waals surface area (Å²) in [5.41, 5.74) is 2.80. The van der Waals surface area contributed by atoms with Crippen molar-refractivity contribution in [1.82, 2.24) is 0 Å². The highest BCUT2D eigenvalue weighted by Gasteiger charge is 2.13. The van der Waals surface area contributed by atoms with Crippen LogP contribution >= 0.6 is 31.9 Å². The van der Waals surface area contributed by atoms with E-state index in [4.69, 9.17) is 0 Å². The highest BCUT2D eigenvalue weighted by molar-refractivity contribution is 9.10. The lowest BCUT2D eigenvalue weighted by Crippen LogP contribution is -2.01. The van der Waals surface area contributed by atoms with Crippen LogP contribution in [0.3, 0.4) is 0 Å². The van der Waals surface area contributed by atoms with E-state index >= 15 is 0 Å². The summed E-state index contributed by atoms with van der Waals surface area (Å²) in [4.78, 5) is 0. The zero-order valence-electron chi connectivity index (χ0n) is 11.1. The normalized spacial score (nSPS) is 10.9. The number of unbranched alkanes of at least 4 members (excludes halogenated alkanes) is 1. The van der Waals surface area contributed by atoms with E-state index in [0.29, 0.717) is 5.92 Å². The Kier molecular flexibility index (Phi) is 5.65. The molecule has 0 bridgehead atoms. The van der Waals surface area contributed by atoms with Crippen LogP contribution in [0.5, 0.6) is 0 Å². The second-order valence-corrected chi connectivity index (χ2v) is 6.63. The molecule has 2 aromatic rings. The van der Waals surface area contributed by atoms with E-state index in [1.54, 1.807) is 0 Å². The fourth-order valence-corrected chi connectivity index (χ4v) is 2.85. The van der Waals surface area contributed by atoms with E-state index in [0.717, 1.165) is 8.95 Å². The fourth-order valence-electron chi connectivity index (χ4n) is 2.32. The van der Waals surface area contributed by atoms with E-state index in [2.05, 4.69) is 87.3 Å². The maximum absolute atomic E-state index is 3.51. The molecule has 0 amide bonds. The van der Waals surface area contributed by atoms with Crippen molar-refractivity contribution in [2.75, 3.05) is 0 Å². The molecule has 100 valence electrons. The van der Waals surface area contributed by atoms with Gasteiger partial charge in [-0.15, -0.1) is 0 Å². The Hall–Kier alpha value is -0.600. The van der Waals surface area contributed by atoms with Gasteiger partial charge in [0.05, 0.1) is 0 Å². The molecule has 0 unspecified atom stereocenters. The molecule has 0 atom stereocenters. The smallest absolute Gasteiger partial charge is 0.0175 e. The summed E-state index contributed by atoms with van der Waals surface area (Å²) >= 11 is 7.01. The molecule has 2 heteroatoms. The van der Waals surface area contributed by atoms with Crippen LogP contribution in [0.1, 0.15) is 43.2 Å². The van der Waals surface area contributed by atoms with Crippen LogP contribution in [0.4, 0.5) is 0 Å².